The highest BCUT2D eigenvalue weighted by molar-refractivity contribution is 5.25. The van der Waals surface area contributed by atoms with Crippen LogP contribution in [0.25, 0.3) is 0 Å². The highest BCUT2D eigenvalue weighted by Crippen LogP contribution is 2.24. The van der Waals surface area contributed by atoms with Crippen LogP contribution >= 0.6 is 0 Å². The van der Waals surface area contributed by atoms with Crippen LogP contribution in [0.15, 0.2) is 18.5 Å². The van der Waals surface area contributed by atoms with Gasteiger partial charge in [0.1, 0.15) is 0 Å². The number of aryl methyl sites for hydroxylation is 1. The average Bonchev–Trinajstić information content (AvgIpc) is 2.70. The van der Waals surface area contributed by atoms with E-state index in [1.165, 1.54) is 0 Å². The predicted octanol–water partition coefficient (Wildman–Crippen LogP) is 1.18. The van der Waals surface area contributed by atoms with Gasteiger partial charge in [0, 0.05) is 24.0 Å². The standard InChI is InChI=1S/C11H16N2O/c1-8-4-6-12-7-9(8)11(14)10-3-2-5-13-10/h4,6-7,10-11,13-14H,2-3,5H2,1H3. The van der Waals surface area contributed by atoms with E-state index in [1.807, 2.05) is 13.0 Å². The SMILES string of the molecule is Cc1ccncc1C(O)C1CCCN1. The van der Waals surface area contributed by atoms with Crippen molar-refractivity contribution in [3.05, 3.63) is 29.6 Å². The fourth-order valence-corrected chi connectivity index (χ4v) is 1.98. The van der Waals surface area contributed by atoms with Crippen LogP contribution in [0.2, 0.25) is 0 Å². The number of hydrogen-bond acceptors (Lipinski definition) is 3. The van der Waals surface area contributed by atoms with E-state index in [9.17, 15) is 5.11 Å². The van der Waals surface area contributed by atoms with Crippen LogP contribution < -0.4 is 5.32 Å². The fourth-order valence-electron chi connectivity index (χ4n) is 1.98. The summed E-state index contributed by atoms with van der Waals surface area (Å²) < 4.78 is 0. The molecule has 2 heterocycles. The van der Waals surface area contributed by atoms with E-state index in [4.69, 9.17) is 0 Å². The largest absolute Gasteiger partial charge is 0.387 e. The zero-order valence-electron chi connectivity index (χ0n) is 8.40. The van der Waals surface area contributed by atoms with Crippen LogP contribution in [-0.4, -0.2) is 22.7 Å². The Morgan fingerprint density at radius 1 is 1.64 bits per heavy atom. The third-order valence-corrected chi connectivity index (χ3v) is 2.88. The molecule has 0 aliphatic carbocycles. The number of pyridine rings is 1. The Labute approximate surface area is 84.2 Å². The second kappa shape index (κ2) is 4.07. The molecule has 14 heavy (non-hydrogen) atoms. The van der Waals surface area contributed by atoms with Gasteiger partial charge in [-0.3, -0.25) is 4.98 Å². The molecule has 1 aromatic rings. The third kappa shape index (κ3) is 1.79. The zero-order chi connectivity index (χ0) is 9.97. The molecule has 1 aromatic heterocycles. The van der Waals surface area contributed by atoms with Crippen LogP contribution in [-0.2, 0) is 0 Å². The Morgan fingerprint density at radius 2 is 2.50 bits per heavy atom. The van der Waals surface area contributed by atoms with Gasteiger partial charge in [0.15, 0.2) is 0 Å². The molecule has 1 saturated heterocycles. The summed E-state index contributed by atoms with van der Waals surface area (Å²) in [6, 6.07) is 2.14. The highest BCUT2D eigenvalue weighted by Gasteiger charge is 2.24. The lowest BCUT2D eigenvalue weighted by Crippen LogP contribution is -2.29. The lowest BCUT2D eigenvalue weighted by molar-refractivity contribution is 0.136. The molecule has 3 nitrogen and oxygen atoms in total. The van der Waals surface area contributed by atoms with Gasteiger partial charge in [-0.25, -0.2) is 0 Å². The molecular weight excluding hydrogens is 176 g/mol. The molecule has 0 radical (unpaired) electrons. The first kappa shape index (κ1) is 9.62. The summed E-state index contributed by atoms with van der Waals surface area (Å²) in [7, 11) is 0. The molecule has 0 aromatic carbocycles. The molecule has 76 valence electrons. The first-order chi connectivity index (χ1) is 6.79. The minimum Gasteiger partial charge on any atom is -0.387 e. The molecule has 2 N–H and O–H groups in total. The molecule has 1 aliphatic rings. The van der Waals surface area contributed by atoms with Crippen LogP contribution in [0.5, 0.6) is 0 Å². The number of aromatic nitrogens is 1. The van der Waals surface area contributed by atoms with Crippen LogP contribution in [0.4, 0.5) is 0 Å². The summed E-state index contributed by atoms with van der Waals surface area (Å²) >= 11 is 0. The van der Waals surface area contributed by atoms with Crippen molar-refractivity contribution in [2.24, 2.45) is 0 Å². The van der Waals surface area contributed by atoms with Crippen molar-refractivity contribution in [1.82, 2.24) is 10.3 Å². The van der Waals surface area contributed by atoms with Gasteiger partial charge in [-0.05, 0) is 37.9 Å². The van der Waals surface area contributed by atoms with Gasteiger partial charge < -0.3 is 10.4 Å². The fraction of sp³-hybridized carbons (Fsp3) is 0.545. The van der Waals surface area contributed by atoms with Crippen molar-refractivity contribution in [2.45, 2.75) is 31.9 Å². The van der Waals surface area contributed by atoms with Gasteiger partial charge in [0.25, 0.3) is 0 Å². The molecule has 2 atom stereocenters. The second-order valence-electron chi connectivity index (χ2n) is 3.88. The van der Waals surface area contributed by atoms with Crippen molar-refractivity contribution >= 4 is 0 Å². The monoisotopic (exact) mass is 192 g/mol. The van der Waals surface area contributed by atoms with Crippen molar-refractivity contribution < 1.29 is 5.11 Å². The summed E-state index contributed by atoms with van der Waals surface area (Å²) in [6.45, 7) is 3.02. The van der Waals surface area contributed by atoms with Crippen LogP contribution in [0, 0.1) is 6.92 Å². The molecule has 2 rings (SSSR count). The van der Waals surface area contributed by atoms with Crippen molar-refractivity contribution in [3.8, 4) is 0 Å². The summed E-state index contributed by atoms with van der Waals surface area (Å²) in [5.41, 5.74) is 2.06. The first-order valence-corrected chi connectivity index (χ1v) is 5.11. The van der Waals surface area contributed by atoms with E-state index < -0.39 is 6.10 Å². The maximum Gasteiger partial charge on any atom is 0.0960 e. The molecule has 1 fully saturated rings. The quantitative estimate of drug-likeness (QED) is 0.739. The second-order valence-corrected chi connectivity index (χ2v) is 3.88. The summed E-state index contributed by atoms with van der Waals surface area (Å²) in [4.78, 5) is 4.05. The normalized spacial score (nSPS) is 23.7. The Balaban J connectivity index is 2.17. The van der Waals surface area contributed by atoms with E-state index in [-0.39, 0.29) is 6.04 Å². The highest BCUT2D eigenvalue weighted by atomic mass is 16.3. The summed E-state index contributed by atoms with van der Waals surface area (Å²) in [6.07, 6.45) is 5.32. The maximum absolute atomic E-state index is 10.1. The number of aliphatic hydroxyl groups excluding tert-OH is 1. The molecule has 2 unspecified atom stereocenters. The van der Waals surface area contributed by atoms with Gasteiger partial charge >= 0.3 is 0 Å². The molecule has 0 spiro atoms. The van der Waals surface area contributed by atoms with E-state index in [2.05, 4.69) is 10.3 Å². The van der Waals surface area contributed by atoms with Gasteiger partial charge in [-0.2, -0.15) is 0 Å². The minimum absolute atomic E-state index is 0.206. The number of hydrogen-bond donors (Lipinski definition) is 2. The lowest BCUT2D eigenvalue weighted by atomic mass is 9.99. The van der Waals surface area contributed by atoms with E-state index in [0.717, 1.165) is 30.5 Å². The predicted molar refractivity (Wildman–Crippen MR) is 55.0 cm³/mol. The van der Waals surface area contributed by atoms with Crippen LogP contribution in [0.3, 0.4) is 0 Å². The number of nitrogens with one attached hydrogen (secondary N) is 1. The summed E-state index contributed by atoms with van der Waals surface area (Å²) in [5.74, 6) is 0. The van der Waals surface area contributed by atoms with Gasteiger partial charge in [-0.15, -0.1) is 0 Å². The Morgan fingerprint density at radius 3 is 3.14 bits per heavy atom. The zero-order valence-corrected chi connectivity index (χ0v) is 8.40. The van der Waals surface area contributed by atoms with E-state index in [1.54, 1.807) is 12.4 Å². The van der Waals surface area contributed by atoms with Crippen molar-refractivity contribution in [2.75, 3.05) is 6.54 Å². The molecular formula is C11H16N2O. The smallest absolute Gasteiger partial charge is 0.0960 e. The average molecular weight is 192 g/mol. The van der Waals surface area contributed by atoms with Gasteiger partial charge in [0.05, 0.1) is 6.10 Å². The number of rotatable bonds is 2. The molecule has 0 amide bonds. The number of nitrogens with zero attached hydrogens (tertiary/aromatic N) is 1. The molecule has 3 heteroatoms. The van der Waals surface area contributed by atoms with Crippen LogP contribution in [0.1, 0.15) is 30.1 Å². The number of aliphatic hydroxyl groups is 1. The van der Waals surface area contributed by atoms with Crippen molar-refractivity contribution in [1.29, 1.82) is 0 Å². The first-order valence-electron chi connectivity index (χ1n) is 5.11. The maximum atomic E-state index is 10.1. The molecule has 0 bridgehead atoms. The van der Waals surface area contributed by atoms with Gasteiger partial charge in [-0.1, -0.05) is 0 Å². The van der Waals surface area contributed by atoms with Crippen molar-refractivity contribution in [3.63, 3.8) is 0 Å². The third-order valence-electron chi connectivity index (χ3n) is 2.88. The van der Waals surface area contributed by atoms with E-state index >= 15 is 0 Å². The van der Waals surface area contributed by atoms with Gasteiger partial charge in [0.2, 0.25) is 0 Å². The van der Waals surface area contributed by atoms with E-state index in [0.29, 0.717) is 0 Å². The Bertz CT molecular complexity index is 308. The Hall–Kier alpha value is -0.930. The molecule has 0 saturated carbocycles. The minimum atomic E-state index is -0.411. The molecule has 1 aliphatic heterocycles. The summed E-state index contributed by atoms with van der Waals surface area (Å²) in [5, 5.41) is 13.4. The topological polar surface area (TPSA) is 45.2 Å². The lowest BCUT2D eigenvalue weighted by Gasteiger charge is -2.19. The Kier molecular flexibility index (Phi) is 2.79.